The molecule has 0 aromatic carbocycles. The average Bonchev–Trinajstić information content (AvgIpc) is 2.02. The first-order chi connectivity index (χ1) is 6.52. The third-order valence-electron chi connectivity index (χ3n) is 2.43. The lowest BCUT2D eigenvalue weighted by atomic mass is 9.82. The predicted octanol–water partition coefficient (Wildman–Crippen LogP) is 0.891. The van der Waals surface area contributed by atoms with Crippen molar-refractivity contribution in [2.24, 2.45) is 11.1 Å². The van der Waals surface area contributed by atoms with Crippen LogP contribution in [0.2, 0.25) is 0 Å². The van der Waals surface area contributed by atoms with E-state index in [9.17, 15) is 9.59 Å². The molecule has 0 heterocycles. The van der Waals surface area contributed by atoms with Gasteiger partial charge >= 0.3 is 11.9 Å². The van der Waals surface area contributed by atoms with Crippen LogP contribution in [-0.2, 0) is 14.3 Å². The molecule has 0 radical (unpaired) electrons. The summed E-state index contributed by atoms with van der Waals surface area (Å²) in [4.78, 5) is 22.2. The Balaban J connectivity index is 4.91. The third kappa shape index (κ3) is 2.79. The summed E-state index contributed by atoms with van der Waals surface area (Å²) in [6.45, 7) is 8.98. The van der Waals surface area contributed by atoms with Gasteiger partial charge in [-0.2, -0.15) is 0 Å². The Morgan fingerprint density at radius 2 is 1.73 bits per heavy atom. The molecular formula is C10H17NO4. The van der Waals surface area contributed by atoms with Crippen LogP contribution in [0.25, 0.3) is 0 Å². The van der Waals surface area contributed by atoms with Crippen LogP contribution in [0.1, 0.15) is 27.7 Å². The van der Waals surface area contributed by atoms with Crippen molar-refractivity contribution in [3.63, 3.8) is 0 Å². The first kappa shape index (κ1) is 13.6. The van der Waals surface area contributed by atoms with Crippen molar-refractivity contribution in [1.82, 2.24) is 0 Å². The van der Waals surface area contributed by atoms with Gasteiger partial charge in [-0.25, -0.2) is 4.79 Å². The van der Waals surface area contributed by atoms with Crippen LogP contribution in [0.4, 0.5) is 0 Å². The summed E-state index contributed by atoms with van der Waals surface area (Å²) in [6, 6.07) is 0. The molecule has 5 heteroatoms. The zero-order valence-electron chi connectivity index (χ0n) is 9.46. The third-order valence-corrected chi connectivity index (χ3v) is 2.43. The Morgan fingerprint density at radius 3 is 2.00 bits per heavy atom. The Morgan fingerprint density at radius 1 is 1.33 bits per heavy atom. The van der Waals surface area contributed by atoms with Gasteiger partial charge in [-0.05, 0) is 27.7 Å². The topological polar surface area (TPSA) is 89.6 Å². The highest BCUT2D eigenvalue weighted by Gasteiger charge is 2.47. The van der Waals surface area contributed by atoms with Gasteiger partial charge in [0.2, 0.25) is 0 Å². The van der Waals surface area contributed by atoms with Crippen molar-refractivity contribution in [3.05, 3.63) is 12.2 Å². The molecule has 0 spiro atoms. The molecule has 0 bridgehead atoms. The molecule has 0 aromatic heterocycles. The largest absolute Gasteiger partial charge is 0.481 e. The monoisotopic (exact) mass is 215 g/mol. The summed E-state index contributed by atoms with van der Waals surface area (Å²) in [5, 5.41) is 8.93. The summed E-state index contributed by atoms with van der Waals surface area (Å²) in [5.74, 6) is -1.84. The van der Waals surface area contributed by atoms with Gasteiger partial charge in [-0.1, -0.05) is 6.58 Å². The zero-order chi connectivity index (χ0) is 12.4. The first-order valence-corrected chi connectivity index (χ1v) is 4.43. The number of hydrogen-bond acceptors (Lipinski definition) is 4. The molecule has 0 saturated heterocycles. The van der Waals surface area contributed by atoms with E-state index in [1.807, 2.05) is 0 Å². The SMILES string of the molecule is C=C(C)C(=O)OC(C)(N)C(C)(C)C(=O)O. The Labute approximate surface area is 88.9 Å². The van der Waals surface area contributed by atoms with Crippen LogP contribution in [0.5, 0.6) is 0 Å². The van der Waals surface area contributed by atoms with Crippen LogP contribution in [-0.4, -0.2) is 22.8 Å². The van der Waals surface area contributed by atoms with Crippen LogP contribution in [0, 0.1) is 5.41 Å². The van der Waals surface area contributed by atoms with Crippen molar-refractivity contribution >= 4 is 11.9 Å². The number of carboxylic acids is 1. The van der Waals surface area contributed by atoms with E-state index < -0.39 is 23.1 Å². The molecule has 3 N–H and O–H groups in total. The van der Waals surface area contributed by atoms with E-state index in [0.717, 1.165) is 0 Å². The maximum atomic E-state index is 11.2. The molecule has 1 unspecified atom stereocenters. The van der Waals surface area contributed by atoms with Crippen molar-refractivity contribution < 1.29 is 19.4 Å². The van der Waals surface area contributed by atoms with Crippen molar-refractivity contribution in [2.75, 3.05) is 0 Å². The van der Waals surface area contributed by atoms with Crippen molar-refractivity contribution in [3.8, 4) is 0 Å². The number of aliphatic carboxylic acids is 1. The van der Waals surface area contributed by atoms with Crippen LogP contribution >= 0.6 is 0 Å². The van der Waals surface area contributed by atoms with Crippen LogP contribution < -0.4 is 5.73 Å². The number of hydrogen-bond donors (Lipinski definition) is 2. The molecule has 0 rings (SSSR count). The smallest absolute Gasteiger partial charge is 0.334 e. The minimum atomic E-state index is -1.59. The van der Waals surface area contributed by atoms with E-state index in [4.69, 9.17) is 15.6 Å². The van der Waals surface area contributed by atoms with E-state index in [1.54, 1.807) is 0 Å². The van der Waals surface area contributed by atoms with Gasteiger partial charge in [-0.15, -0.1) is 0 Å². The zero-order valence-corrected chi connectivity index (χ0v) is 9.46. The molecule has 0 amide bonds. The highest BCUT2D eigenvalue weighted by atomic mass is 16.6. The molecule has 86 valence electrons. The molecule has 0 aromatic rings. The van der Waals surface area contributed by atoms with Gasteiger partial charge in [0, 0.05) is 5.57 Å². The van der Waals surface area contributed by atoms with E-state index in [-0.39, 0.29) is 5.57 Å². The quantitative estimate of drug-likeness (QED) is 0.413. The molecule has 5 nitrogen and oxygen atoms in total. The van der Waals surface area contributed by atoms with E-state index >= 15 is 0 Å². The number of carbonyl (C=O) groups is 2. The lowest BCUT2D eigenvalue weighted by Gasteiger charge is -2.36. The first-order valence-electron chi connectivity index (χ1n) is 4.43. The number of nitrogens with two attached hydrogens (primary N) is 1. The number of ether oxygens (including phenoxy) is 1. The minimum Gasteiger partial charge on any atom is -0.481 e. The number of esters is 1. The van der Waals surface area contributed by atoms with Gasteiger partial charge < -0.3 is 9.84 Å². The molecular weight excluding hydrogens is 198 g/mol. The lowest BCUT2D eigenvalue weighted by Crippen LogP contribution is -2.57. The maximum absolute atomic E-state index is 11.2. The number of carboxylic acid groups (broad SMARTS) is 1. The second kappa shape index (κ2) is 4.02. The Kier molecular flexibility index (Phi) is 3.66. The normalized spacial score (nSPS) is 15.3. The molecule has 15 heavy (non-hydrogen) atoms. The Bertz CT molecular complexity index is 305. The fourth-order valence-electron chi connectivity index (χ4n) is 0.620. The van der Waals surface area contributed by atoms with Gasteiger partial charge in [0.25, 0.3) is 0 Å². The Hall–Kier alpha value is -1.36. The molecule has 0 aliphatic rings. The molecule has 1 atom stereocenters. The molecule has 0 saturated carbocycles. The second-order valence-electron chi connectivity index (χ2n) is 4.21. The fourth-order valence-corrected chi connectivity index (χ4v) is 0.620. The van der Waals surface area contributed by atoms with Gasteiger partial charge in [0.1, 0.15) is 5.41 Å². The molecule has 0 aliphatic heterocycles. The summed E-state index contributed by atoms with van der Waals surface area (Å²) in [5.41, 5.74) is 2.88. The molecule has 0 fully saturated rings. The lowest BCUT2D eigenvalue weighted by molar-refractivity contribution is -0.178. The van der Waals surface area contributed by atoms with E-state index in [1.165, 1.54) is 27.7 Å². The maximum Gasteiger partial charge on any atom is 0.334 e. The summed E-state index contributed by atoms with van der Waals surface area (Å²) >= 11 is 0. The van der Waals surface area contributed by atoms with Crippen LogP contribution in [0.15, 0.2) is 12.2 Å². The van der Waals surface area contributed by atoms with Gasteiger partial charge in [-0.3, -0.25) is 10.5 Å². The number of carbonyl (C=O) groups excluding carboxylic acids is 1. The highest BCUT2D eigenvalue weighted by Crippen LogP contribution is 2.30. The van der Waals surface area contributed by atoms with E-state index in [2.05, 4.69) is 6.58 Å². The van der Waals surface area contributed by atoms with Gasteiger partial charge in [0.15, 0.2) is 5.72 Å². The molecule has 0 aliphatic carbocycles. The minimum absolute atomic E-state index is 0.174. The second-order valence-corrected chi connectivity index (χ2v) is 4.21. The van der Waals surface area contributed by atoms with Gasteiger partial charge in [0.05, 0.1) is 0 Å². The van der Waals surface area contributed by atoms with Crippen LogP contribution in [0.3, 0.4) is 0 Å². The fraction of sp³-hybridized carbons (Fsp3) is 0.600. The summed E-state index contributed by atoms with van der Waals surface area (Å²) in [7, 11) is 0. The predicted molar refractivity (Wildman–Crippen MR) is 54.9 cm³/mol. The average molecular weight is 215 g/mol. The van der Waals surface area contributed by atoms with Crippen molar-refractivity contribution in [2.45, 2.75) is 33.4 Å². The summed E-state index contributed by atoms with van der Waals surface area (Å²) in [6.07, 6.45) is 0. The van der Waals surface area contributed by atoms with E-state index in [0.29, 0.717) is 0 Å². The highest BCUT2D eigenvalue weighted by molar-refractivity contribution is 5.87. The summed E-state index contributed by atoms with van der Waals surface area (Å²) < 4.78 is 4.88. The number of rotatable bonds is 4. The standard InChI is InChI=1S/C10H17NO4/c1-6(2)7(12)15-10(5,11)9(3,4)8(13)14/h1,11H2,2-5H3,(H,13,14). The van der Waals surface area contributed by atoms with Crippen molar-refractivity contribution in [1.29, 1.82) is 0 Å².